The molecule has 2 heterocycles. The van der Waals surface area contributed by atoms with Gasteiger partial charge in [-0.25, -0.2) is 0 Å². The Morgan fingerprint density at radius 1 is 1.22 bits per heavy atom. The maximum atomic E-state index is 11.0. The lowest BCUT2D eigenvalue weighted by atomic mass is 9.82. The normalized spacial score (nSPS) is 20.2. The van der Waals surface area contributed by atoms with Crippen LogP contribution < -0.4 is 4.74 Å². The van der Waals surface area contributed by atoms with Gasteiger partial charge in [0.15, 0.2) is 0 Å². The Labute approximate surface area is 136 Å². The van der Waals surface area contributed by atoms with Crippen LogP contribution in [0.5, 0.6) is 5.75 Å². The van der Waals surface area contributed by atoms with Crippen molar-refractivity contribution in [3.8, 4) is 16.2 Å². The number of hydrogen-bond acceptors (Lipinski definition) is 5. The van der Waals surface area contributed by atoms with Gasteiger partial charge in [0.25, 0.3) is 0 Å². The summed E-state index contributed by atoms with van der Waals surface area (Å²) in [6.07, 6.45) is 6.42. The second-order valence-corrected chi connectivity index (χ2v) is 6.54. The summed E-state index contributed by atoms with van der Waals surface area (Å²) in [7, 11) is 0. The highest BCUT2D eigenvalue weighted by Crippen LogP contribution is 2.41. The summed E-state index contributed by atoms with van der Waals surface area (Å²) in [5.74, 6) is -0.235. The molecule has 1 fully saturated rings. The summed E-state index contributed by atoms with van der Waals surface area (Å²) in [6.45, 7) is 0. The van der Waals surface area contributed by atoms with Gasteiger partial charge in [-0.3, -0.25) is 14.8 Å². The van der Waals surface area contributed by atoms with E-state index in [0.29, 0.717) is 12.8 Å². The first kappa shape index (κ1) is 14.1. The number of carbonyl (C=O) groups is 1. The van der Waals surface area contributed by atoms with Gasteiger partial charge in [0.1, 0.15) is 11.9 Å². The van der Waals surface area contributed by atoms with Crippen LogP contribution in [0, 0.1) is 5.92 Å². The fourth-order valence-electron chi connectivity index (χ4n) is 2.84. The number of aliphatic carboxylic acids is 1. The van der Waals surface area contributed by atoms with Crippen LogP contribution in [0.1, 0.15) is 12.8 Å². The second kappa shape index (κ2) is 5.62. The molecule has 1 aliphatic rings. The number of carboxylic acids is 1. The molecule has 0 amide bonds. The third kappa shape index (κ3) is 2.55. The van der Waals surface area contributed by atoms with Crippen molar-refractivity contribution in [2.45, 2.75) is 18.9 Å². The smallest absolute Gasteiger partial charge is 0.306 e. The van der Waals surface area contributed by atoms with Gasteiger partial charge in [-0.2, -0.15) is 0 Å². The van der Waals surface area contributed by atoms with E-state index in [1.165, 1.54) is 0 Å². The predicted octanol–water partition coefficient (Wildman–Crippen LogP) is 3.60. The van der Waals surface area contributed by atoms with E-state index in [4.69, 9.17) is 9.84 Å². The predicted molar refractivity (Wildman–Crippen MR) is 87.6 cm³/mol. The Kier molecular flexibility index (Phi) is 3.46. The topological polar surface area (TPSA) is 72.3 Å². The van der Waals surface area contributed by atoms with Crippen molar-refractivity contribution < 1.29 is 14.6 Å². The van der Waals surface area contributed by atoms with Crippen LogP contribution in [0.2, 0.25) is 0 Å². The highest BCUT2D eigenvalue weighted by molar-refractivity contribution is 7.13. The molecule has 116 valence electrons. The molecular formula is C17H14N2O3S. The first-order valence-electron chi connectivity index (χ1n) is 7.37. The fraction of sp³-hybridized carbons (Fsp3) is 0.235. The van der Waals surface area contributed by atoms with Crippen LogP contribution in [0.25, 0.3) is 21.2 Å². The first-order chi connectivity index (χ1) is 11.2. The standard InChI is InChI=1S/C17H14N2O3S/c20-17(21)11-5-12(6-11)22-16-13-3-4-18-7-10(13)1-2-14(16)15-8-19-9-23-15/h1-4,7-9,11-12H,5-6H2,(H,20,21)/t11-,12+. The van der Waals surface area contributed by atoms with E-state index in [2.05, 4.69) is 9.97 Å². The van der Waals surface area contributed by atoms with E-state index in [9.17, 15) is 4.79 Å². The lowest BCUT2D eigenvalue weighted by Gasteiger charge is -2.33. The average Bonchev–Trinajstić information content (AvgIpc) is 3.04. The maximum Gasteiger partial charge on any atom is 0.306 e. The number of aromatic nitrogens is 2. The summed E-state index contributed by atoms with van der Waals surface area (Å²) in [4.78, 5) is 20.3. The van der Waals surface area contributed by atoms with E-state index < -0.39 is 5.97 Å². The molecule has 1 aliphatic carbocycles. The number of benzene rings is 1. The Morgan fingerprint density at radius 2 is 2.09 bits per heavy atom. The molecule has 3 aromatic rings. The summed E-state index contributed by atoms with van der Waals surface area (Å²) in [5, 5.41) is 11.0. The van der Waals surface area contributed by atoms with Crippen molar-refractivity contribution >= 4 is 28.1 Å². The Balaban J connectivity index is 1.73. The second-order valence-electron chi connectivity index (χ2n) is 5.65. The third-order valence-corrected chi connectivity index (χ3v) is 5.00. The Morgan fingerprint density at radius 3 is 2.83 bits per heavy atom. The minimum absolute atomic E-state index is 0.0541. The molecule has 0 aliphatic heterocycles. The van der Waals surface area contributed by atoms with E-state index >= 15 is 0 Å². The van der Waals surface area contributed by atoms with Crippen molar-refractivity contribution in [2.24, 2.45) is 5.92 Å². The molecular weight excluding hydrogens is 312 g/mol. The summed E-state index contributed by atoms with van der Waals surface area (Å²) in [5.41, 5.74) is 2.78. The number of hydrogen-bond donors (Lipinski definition) is 1. The molecule has 0 saturated heterocycles. The number of pyridine rings is 1. The van der Waals surface area contributed by atoms with E-state index in [1.807, 2.05) is 24.4 Å². The molecule has 5 nitrogen and oxygen atoms in total. The fourth-order valence-corrected chi connectivity index (χ4v) is 3.48. The van der Waals surface area contributed by atoms with Crippen molar-refractivity contribution in [1.29, 1.82) is 0 Å². The molecule has 1 aromatic carbocycles. The minimum Gasteiger partial charge on any atom is -0.489 e. The quantitative estimate of drug-likeness (QED) is 0.793. The molecule has 0 bridgehead atoms. The Hall–Kier alpha value is -2.47. The molecule has 0 atom stereocenters. The molecule has 6 heteroatoms. The van der Waals surface area contributed by atoms with E-state index in [0.717, 1.165) is 27.0 Å². The zero-order valence-electron chi connectivity index (χ0n) is 12.2. The van der Waals surface area contributed by atoms with Gasteiger partial charge in [-0.15, -0.1) is 11.3 Å². The number of thiazole rings is 1. The zero-order chi connectivity index (χ0) is 15.8. The number of fused-ring (bicyclic) bond motifs is 1. The van der Waals surface area contributed by atoms with Gasteiger partial charge >= 0.3 is 5.97 Å². The number of rotatable bonds is 4. The van der Waals surface area contributed by atoms with Gasteiger partial charge in [0.2, 0.25) is 0 Å². The zero-order valence-corrected chi connectivity index (χ0v) is 13.0. The largest absolute Gasteiger partial charge is 0.489 e. The highest BCUT2D eigenvalue weighted by atomic mass is 32.1. The van der Waals surface area contributed by atoms with E-state index in [-0.39, 0.29) is 12.0 Å². The molecule has 4 rings (SSSR count). The van der Waals surface area contributed by atoms with Gasteiger partial charge < -0.3 is 9.84 Å². The molecule has 0 unspecified atom stereocenters. The van der Waals surface area contributed by atoms with Gasteiger partial charge in [-0.1, -0.05) is 6.07 Å². The SMILES string of the molecule is O=C(O)[C@H]1C[C@@H](Oc2c(-c3cncs3)ccc3cnccc23)C1. The Bertz CT molecular complexity index is 857. The first-order valence-corrected chi connectivity index (χ1v) is 8.25. The third-order valence-electron chi connectivity index (χ3n) is 4.20. The van der Waals surface area contributed by atoms with Gasteiger partial charge in [0, 0.05) is 34.9 Å². The van der Waals surface area contributed by atoms with Crippen LogP contribution >= 0.6 is 11.3 Å². The highest BCUT2D eigenvalue weighted by Gasteiger charge is 2.36. The lowest BCUT2D eigenvalue weighted by molar-refractivity contribution is -0.147. The van der Waals surface area contributed by atoms with Crippen LogP contribution in [0.4, 0.5) is 0 Å². The average molecular weight is 326 g/mol. The van der Waals surface area contributed by atoms with Crippen LogP contribution in [0.15, 0.2) is 42.3 Å². The van der Waals surface area contributed by atoms with Crippen LogP contribution in [-0.4, -0.2) is 27.1 Å². The maximum absolute atomic E-state index is 11.0. The minimum atomic E-state index is -0.741. The van der Waals surface area contributed by atoms with Crippen LogP contribution in [-0.2, 0) is 4.79 Å². The summed E-state index contributed by atoms with van der Waals surface area (Å²) >= 11 is 1.56. The van der Waals surface area contributed by atoms with E-state index in [1.54, 1.807) is 29.2 Å². The molecule has 23 heavy (non-hydrogen) atoms. The molecule has 0 radical (unpaired) electrons. The van der Waals surface area contributed by atoms with Crippen molar-refractivity contribution in [3.05, 3.63) is 42.3 Å². The van der Waals surface area contributed by atoms with Gasteiger partial charge in [0.05, 0.1) is 16.3 Å². The number of carboxylic acid groups (broad SMARTS) is 1. The van der Waals surface area contributed by atoms with Crippen molar-refractivity contribution in [2.75, 3.05) is 0 Å². The monoisotopic (exact) mass is 326 g/mol. The number of nitrogens with zero attached hydrogens (tertiary/aromatic N) is 2. The van der Waals surface area contributed by atoms with Crippen molar-refractivity contribution in [1.82, 2.24) is 9.97 Å². The molecule has 2 aromatic heterocycles. The molecule has 1 saturated carbocycles. The van der Waals surface area contributed by atoms with Gasteiger partial charge in [-0.05, 0) is 25.0 Å². The molecule has 0 spiro atoms. The summed E-state index contributed by atoms with van der Waals surface area (Å²) in [6, 6.07) is 5.97. The lowest BCUT2D eigenvalue weighted by Crippen LogP contribution is -2.38. The molecule has 1 N–H and O–H groups in total. The number of ether oxygens (including phenoxy) is 1. The van der Waals surface area contributed by atoms with Crippen molar-refractivity contribution in [3.63, 3.8) is 0 Å². The summed E-state index contributed by atoms with van der Waals surface area (Å²) < 4.78 is 6.19. The van der Waals surface area contributed by atoms with Crippen LogP contribution in [0.3, 0.4) is 0 Å².